The predicted octanol–water partition coefficient (Wildman–Crippen LogP) is 5.04. The minimum Gasteiger partial charge on any atom is -0.481 e. The monoisotopic (exact) mass is 462 g/mol. The Labute approximate surface area is 198 Å². The summed E-state index contributed by atoms with van der Waals surface area (Å²) in [5.74, 6) is -0.586. The summed E-state index contributed by atoms with van der Waals surface area (Å²) in [5, 5.41) is 19.3. The molecule has 2 aromatic carbocycles. The normalized spacial score (nSPS) is 15.1. The molecule has 8 nitrogen and oxygen atoms in total. The van der Waals surface area contributed by atoms with E-state index in [0.29, 0.717) is 5.69 Å². The summed E-state index contributed by atoms with van der Waals surface area (Å²) >= 11 is 0. The van der Waals surface area contributed by atoms with E-state index in [-0.39, 0.29) is 18.4 Å². The Bertz CT molecular complexity index is 1120. The number of carboxylic acids is 1. The van der Waals surface area contributed by atoms with Gasteiger partial charge in [0.25, 0.3) is 0 Å². The van der Waals surface area contributed by atoms with Gasteiger partial charge in [0.2, 0.25) is 0 Å². The van der Waals surface area contributed by atoms with Gasteiger partial charge in [-0.05, 0) is 49.9 Å². The van der Waals surface area contributed by atoms with Gasteiger partial charge >= 0.3 is 12.1 Å². The van der Waals surface area contributed by atoms with Crippen molar-refractivity contribution in [2.45, 2.75) is 45.1 Å². The maximum Gasteiger partial charge on any atom is 0.412 e. The van der Waals surface area contributed by atoms with Crippen LogP contribution in [-0.2, 0) is 16.0 Å². The average Bonchev–Trinajstić information content (AvgIpc) is 3.19. The number of nitrogens with zero attached hydrogens (tertiary/aromatic N) is 2. The molecule has 1 atom stereocenters. The van der Waals surface area contributed by atoms with E-state index in [1.165, 1.54) is 0 Å². The number of amides is 1. The van der Waals surface area contributed by atoms with Crippen LogP contribution in [0.15, 0.2) is 54.6 Å². The molecule has 1 aliphatic heterocycles. The van der Waals surface area contributed by atoms with Gasteiger partial charge in [0.15, 0.2) is 0 Å². The minimum absolute atomic E-state index is 0.0316. The molecule has 1 saturated heterocycles. The van der Waals surface area contributed by atoms with Gasteiger partial charge in [-0.25, -0.2) is 4.79 Å². The molecule has 2 heterocycles. The summed E-state index contributed by atoms with van der Waals surface area (Å²) in [4.78, 5) is 25.8. The van der Waals surface area contributed by atoms with Gasteiger partial charge in [-0.3, -0.25) is 15.2 Å². The molecule has 3 N–H and O–H groups in total. The van der Waals surface area contributed by atoms with Crippen LogP contribution in [0, 0.1) is 6.92 Å². The van der Waals surface area contributed by atoms with Gasteiger partial charge in [-0.2, -0.15) is 5.10 Å². The average molecular weight is 463 g/mol. The number of carbonyl (C=O) groups is 2. The lowest BCUT2D eigenvalue weighted by Crippen LogP contribution is -2.33. The number of hydrogen-bond donors (Lipinski definition) is 3. The van der Waals surface area contributed by atoms with Crippen molar-refractivity contribution in [3.05, 3.63) is 77.1 Å². The van der Waals surface area contributed by atoms with Gasteiger partial charge in [-0.1, -0.05) is 42.5 Å². The summed E-state index contributed by atoms with van der Waals surface area (Å²) in [6.07, 6.45) is 0.984. The van der Waals surface area contributed by atoms with Gasteiger partial charge in [0, 0.05) is 24.7 Å². The Morgan fingerprint density at radius 2 is 1.82 bits per heavy atom. The quantitative estimate of drug-likeness (QED) is 0.454. The summed E-state index contributed by atoms with van der Waals surface area (Å²) < 4.78 is 5.58. The topological polar surface area (TPSA) is 108 Å². The highest BCUT2D eigenvalue weighted by molar-refractivity contribution is 5.86. The lowest BCUT2D eigenvalue weighted by atomic mass is 9.92. The third-order valence-corrected chi connectivity index (χ3v) is 6.32. The highest BCUT2D eigenvalue weighted by Crippen LogP contribution is 2.35. The fourth-order valence-electron chi connectivity index (χ4n) is 4.41. The maximum atomic E-state index is 12.6. The smallest absolute Gasteiger partial charge is 0.412 e. The molecule has 8 heteroatoms. The molecular weight excluding hydrogens is 432 g/mol. The molecule has 1 unspecified atom stereocenters. The van der Waals surface area contributed by atoms with E-state index < -0.39 is 12.1 Å². The van der Waals surface area contributed by atoms with Crippen molar-refractivity contribution >= 4 is 23.4 Å². The van der Waals surface area contributed by atoms with Crippen molar-refractivity contribution in [3.63, 3.8) is 0 Å². The highest BCUT2D eigenvalue weighted by Gasteiger charge is 2.27. The molecule has 178 valence electrons. The van der Waals surface area contributed by atoms with Gasteiger partial charge < -0.3 is 14.7 Å². The third kappa shape index (κ3) is 5.57. The molecule has 1 aliphatic rings. The van der Waals surface area contributed by atoms with E-state index in [9.17, 15) is 9.59 Å². The largest absolute Gasteiger partial charge is 0.481 e. The van der Waals surface area contributed by atoms with Crippen LogP contribution >= 0.6 is 0 Å². The van der Waals surface area contributed by atoms with E-state index in [0.717, 1.165) is 54.1 Å². The van der Waals surface area contributed by atoms with Crippen molar-refractivity contribution in [2.75, 3.05) is 23.3 Å². The maximum absolute atomic E-state index is 12.6. The zero-order chi connectivity index (χ0) is 24.1. The summed E-state index contributed by atoms with van der Waals surface area (Å²) in [5.41, 5.74) is 5.18. The first kappa shape index (κ1) is 23.4. The second-order valence-electron chi connectivity index (χ2n) is 8.68. The molecule has 0 spiro atoms. The Morgan fingerprint density at radius 1 is 1.15 bits per heavy atom. The number of anilines is 2. The number of nitrogens with one attached hydrogen (secondary N) is 2. The lowest BCUT2D eigenvalue weighted by molar-refractivity contribution is -0.136. The number of aromatic amines is 1. The number of hydrogen-bond acceptors (Lipinski definition) is 5. The van der Waals surface area contributed by atoms with Crippen molar-refractivity contribution in [2.24, 2.45) is 0 Å². The first-order valence-corrected chi connectivity index (χ1v) is 11.5. The minimum atomic E-state index is -0.828. The van der Waals surface area contributed by atoms with Crippen molar-refractivity contribution < 1.29 is 19.4 Å². The van der Waals surface area contributed by atoms with Gasteiger partial charge in [0.1, 0.15) is 6.10 Å². The lowest BCUT2D eigenvalue weighted by Gasteiger charge is -2.33. The molecule has 1 amide bonds. The molecular formula is C26H30N4O4. The summed E-state index contributed by atoms with van der Waals surface area (Å²) in [6.45, 7) is 5.43. The number of aryl methyl sites for hydroxylation is 1. The molecule has 1 aromatic heterocycles. The molecule has 0 bridgehead atoms. The van der Waals surface area contributed by atoms with Crippen LogP contribution in [0.25, 0.3) is 0 Å². The second-order valence-corrected chi connectivity index (χ2v) is 8.68. The number of ether oxygens (including phenoxy) is 1. The van der Waals surface area contributed by atoms with Crippen LogP contribution in [0.1, 0.15) is 54.3 Å². The van der Waals surface area contributed by atoms with E-state index in [4.69, 9.17) is 9.84 Å². The molecule has 0 radical (unpaired) electrons. The Kier molecular flexibility index (Phi) is 7.15. The van der Waals surface area contributed by atoms with E-state index in [1.54, 1.807) is 0 Å². The van der Waals surface area contributed by atoms with Crippen LogP contribution in [0.4, 0.5) is 16.2 Å². The van der Waals surface area contributed by atoms with Crippen LogP contribution < -0.4 is 10.2 Å². The highest BCUT2D eigenvalue weighted by atomic mass is 16.6. The third-order valence-electron chi connectivity index (χ3n) is 6.32. The van der Waals surface area contributed by atoms with Crippen molar-refractivity contribution in [3.8, 4) is 0 Å². The molecule has 0 saturated carbocycles. The molecule has 4 rings (SSSR count). The predicted molar refractivity (Wildman–Crippen MR) is 130 cm³/mol. The van der Waals surface area contributed by atoms with Crippen LogP contribution in [-0.4, -0.2) is 40.5 Å². The Balaban J connectivity index is 1.36. The van der Waals surface area contributed by atoms with Crippen molar-refractivity contribution in [1.29, 1.82) is 0 Å². The van der Waals surface area contributed by atoms with Gasteiger partial charge in [0.05, 0.1) is 23.5 Å². The van der Waals surface area contributed by atoms with E-state index in [1.807, 2.05) is 68.4 Å². The van der Waals surface area contributed by atoms with E-state index in [2.05, 4.69) is 20.4 Å². The second kappa shape index (κ2) is 10.4. The van der Waals surface area contributed by atoms with E-state index >= 15 is 0 Å². The number of carboxylic acid groups (broad SMARTS) is 1. The number of rotatable bonds is 7. The number of aliphatic carboxylic acids is 1. The SMILES string of the molecule is Cc1n[nH]c(C2CCN(c3ccc(CC(=O)O)cc3)CC2)c1NC(=O)OC(C)c1ccccc1. The fraction of sp³-hybridized carbons (Fsp3) is 0.346. The standard InChI is InChI=1S/C26H30N4O4/c1-17-24(27-26(33)34-18(2)20-6-4-3-5-7-20)25(29-28-17)21-12-14-30(15-13-21)22-10-8-19(9-11-22)16-23(31)32/h3-11,18,21H,12-16H2,1-2H3,(H,27,33)(H,28,29)(H,31,32). The number of piperidine rings is 1. The van der Waals surface area contributed by atoms with Gasteiger partial charge in [-0.15, -0.1) is 0 Å². The zero-order valence-electron chi connectivity index (χ0n) is 19.5. The summed E-state index contributed by atoms with van der Waals surface area (Å²) in [6, 6.07) is 17.3. The number of benzene rings is 2. The first-order chi connectivity index (χ1) is 16.4. The number of H-pyrrole nitrogens is 1. The Hall–Kier alpha value is -3.81. The molecule has 3 aromatic rings. The van der Waals surface area contributed by atoms with Crippen LogP contribution in [0.3, 0.4) is 0 Å². The zero-order valence-corrected chi connectivity index (χ0v) is 19.5. The van der Waals surface area contributed by atoms with Crippen molar-refractivity contribution in [1.82, 2.24) is 10.2 Å². The summed E-state index contributed by atoms with van der Waals surface area (Å²) in [7, 11) is 0. The number of carbonyl (C=O) groups excluding carboxylic acids is 1. The van der Waals surface area contributed by atoms with Crippen LogP contribution in [0.5, 0.6) is 0 Å². The number of aromatic nitrogens is 2. The molecule has 0 aliphatic carbocycles. The molecule has 34 heavy (non-hydrogen) atoms. The fourth-order valence-corrected chi connectivity index (χ4v) is 4.41. The molecule has 1 fully saturated rings. The van der Waals surface area contributed by atoms with Crippen LogP contribution in [0.2, 0.25) is 0 Å². The Morgan fingerprint density at radius 3 is 2.47 bits per heavy atom. The first-order valence-electron chi connectivity index (χ1n) is 11.5.